The van der Waals surface area contributed by atoms with Gasteiger partial charge in [0.05, 0.1) is 17.9 Å². The first-order valence-corrected chi connectivity index (χ1v) is 14.9. The lowest BCUT2D eigenvalue weighted by Crippen LogP contribution is -2.39. The lowest BCUT2D eigenvalue weighted by atomic mass is 10.1. The molecule has 5 aromatic rings. The summed E-state index contributed by atoms with van der Waals surface area (Å²) in [6.45, 7) is 3.10. The predicted molar refractivity (Wildman–Crippen MR) is 166 cm³/mol. The van der Waals surface area contributed by atoms with E-state index in [-0.39, 0.29) is 18.1 Å². The number of piperidine rings is 1. The third-order valence-corrected chi connectivity index (χ3v) is 8.68. The summed E-state index contributed by atoms with van der Waals surface area (Å²) in [4.78, 5) is 37.5. The molecular formula is C32H32N8O3. The number of ether oxygens (including phenoxy) is 1. The molecule has 0 radical (unpaired) electrons. The van der Waals surface area contributed by atoms with Crippen molar-refractivity contribution in [2.24, 2.45) is 0 Å². The van der Waals surface area contributed by atoms with Crippen molar-refractivity contribution >= 4 is 45.2 Å². The van der Waals surface area contributed by atoms with Crippen molar-refractivity contribution in [1.82, 2.24) is 29.2 Å². The molecule has 1 fully saturated rings. The number of hydrogen-bond acceptors (Lipinski definition) is 7. The van der Waals surface area contributed by atoms with Gasteiger partial charge in [-0.2, -0.15) is 4.98 Å². The van der Waals surface area contributed by atoms with Crippen LogP contribution >= 0.6 is 0 Å². The van der Waals surface area contributed by atoms with Crippen LogP contribution in [0.4, 0.5) is 17.3 Å². The second-order valence-electron chi connectivity index (χ2n) is 11.3. The van der Waals surface area contributed by atoms with Gasteiger partial charge in [0, 0.05) is 41.6 Å². The van der Waals surface area contributed by atoms with Crippen LogP contribution in [0.25, 0.3) is 27.6 Å². The molecule has 8 rings (SSSR count). The van der Waals surface area contributed by atoms with Gasteiger partial charge in [0.25, 0.3) is 11.5 Å². The summed E-state index contributed by atoms with van der Waals surface area (Å²) in [5, 5.41) is 8.37. The van der Waals surface area contributed by atoms with Gasteiger partial charge in [-0.1, -0.05) is 12.2 Å². The molecule has 2 N–H and O–H groups in total. The Hall–Kier alpha value is -4.90. The molecule has 3 aliphatic rings. The van der Waals surface area contributed by atoms with E-state index in [1.807, 2.05) is 35.0 Å². The van der Waals surface area contributed by atoms with Crippen LogP contribution in [0.5, 0.6) is 5.75 Å². The lowest BCUT2D eigenvalue weighted by molar-refractivity contribution is -0.121. The zero-order valence-electron chi connectivity index (χ0n) is 23.7. The minimum absolute atomic E-state index is 0.0240. The fourth-order valence-corrected chi connectivity index (χ4v) is 6.52. The predicted octanol–water partition coefficient (Wildman–Crippen LogP) is 4.28. The molecule has 0 atom stereocenters. The van der Waals surface area contributed by atoms with Crippen LogP contribution < -0.4 is 25.8 Å². The number of allylic oxidation sites excluding steroid dienone is 2. The van der Waals surface area contributed by atoms with E-state index in [0.717, 1.165) is 49.8 Å². The Morgan fingerprint density at radius 3 is 2.84 bits per heavy atom. The van der Waals surface area contributed by atoms with E-state index in [1.54, 1.807) is 15.8 Å². The summed E-state index contributed by atoms with van der Waals surface area (Å²) in [7, 11) is 0. The van der Waals surface area contributed by atoms with E-state index in [4.69, 9.17) is 9.72 Å². The molecule has 2 aromatic carbocycles. The lowest BCUT2D eigenvalue weighted by Gasteiger charge is -2.30. The van der Waals surface area contributed by atoms with Gasteiger partial charge in [-0.15, -0.1) is 0 Å². The maximum atomic E-state index is 13.6. The number of anilines is 3. The molecule has 218 valence electrons. The van der Waals surface area contributed by atoms with E-state index >= 15 is 0 Å². The Morgan fingerprint density at radius 1 is 1.02 bits per heavy atom. The van der Waals surface area contributed by atoms with Gasteiger partial charge < -0.3 is 24.8 Å². The molecule has 1 saturated heterocycles. The highest BCUT2D eigenvalue weighted by Gasteiger charge is 2.27. The molecule has 11 heteroatoms. The van der Waals surface area contributed by atoms with Crippen LogP contribution in [0, 0.1) is 0 Å². The smallest absolute Gasteiger partial charge is 0.278 e. The second kappa shape index (κ2) is 10.4. The highest BCUT2D eigenvalue weighted by molar-refractivity contribution is 5.98. The fraction of sp³-hybridized carbons (Fsp3) is 0.312. The molecule has 0 unspecified atom stereocenters. The van der Waals surface area contributed by atoms with Gasteiger partial charge in [0.2, 0.25) is 5.95 Å². The summed E-state index contributed by atoms with van der Waals surface area (Å²) in [6.07, 6.45) is 11.7. The molecule has 1 amide bonds. The zero-order chi connectivity index (χ0) is 28.9. The first-order valence-electron chi connectivity index (χ1n) is 14.9. The van der Waals surface area contributed by atoms with Crippen LogP contribution in [0.3, 0.4) is 0 Å². The van der Waals surface area contributed by atoms with Crippen molar-refractivity contribution in [3.63, 3.8) is 0 Å². The zero-order valence-corrected chi connectivity index (χ0v) is 23.7. The monoisotopic (exact) mass is 576 g/mol. The minimum atomic E-state index is -0.175. The largest absolute Gasteiger partial charge is 0.482 e. The SMILES string of the molecule is O=C1COc2ccc3cc2N1CCC/C=C\Cn1c(=O)c2cnc(Nc4ccc5c(ccn5C5CCNCC5)c4)nc2n1-3. The Balaban J connectivity index is 1.19. The third-order valence-electron chi connectivity index (χ3n) is 8.68. The number of benzene rings is 2. The topological polar surface area (TPSA) is 111 Å². The van der Waals surface area contributed by atoms with Crippen LogP contribution in [-0.4, -0.2) is 56.0 Å². The van der Waals surface area contributed by atoms with Crippen LogP contribution in [0.15, 0.2) is 71.8 Å². The van der Waals surface area contributed by atoms with Crippen molar-refractivity contribution in [1.29, 1.82) is 0 Å². The Morgan fingerprint density at radius 2 is 1.93 bits per heavy atom. The highest BCUT2D eigenvalue weighted by Crippen LogP contribution is 2.35. The van der Waals surface area contributed by atoms with Gasteiger partial charge >= 0.3 is 0 Å². The number of hydrogen-bond donors (Lipinski definition) is 2. The maximum absolute atomic E-state index is 13.6. The average Bonchev–Trinajstić information content (AvgIpc) is 3.57. The van der Waals surface area contributed by atoms with E-state index in [2.05, 4.69) is 50.7 Å². The number of rotatable bonds is 3. The summed E-state index contributed by atoms with van der Waals surface area (Å²) in [5.74, 6) is 0.977. The molecule has 2 bridgehead atoms. The second-order valence-corrected chi connectivity index (χ2v) is 11.3. The average molecular weight is 577 g/mol. The summed E-state index contributed by atoms with van der Waals surface area (Å²) in [5.41, 5.74) is 3.81. The highest BCUT2D eigenvalue weighted by atomic mass is 16.5. The van der Waals surface area contributed by atoms with Crippen molar-refractivity contribution in [2.45, 2.75) is 38.3 Å². The molecule has 43 heavy (non-hydrogen) atoms. The Bertz CT molecular complexity index is 1960. The van der Waals surface area contributed by atoms with Gasteiger partial charge in [-0.25, -0.2) is 14.3 Å². The summed E-state index contributed by atoms with van der Waals surface area (Å²) < 4.78 is 11.6. The number of fused-ring (bicyclic) bond motifs is 6. The molecule has 11 nitrogen and oxygen atoms in total. The van der Waals surface area contributed by atoms with Gasteiger partial charge in [0.15, 0.2) is 12.3 Å². The number of amides is 1. The van der Waals surface area contributed by atoms with Crippen molar-refractivity contribution in [3.05, 3.63) is 77.4 Å². The molecule has 3 aromatic heterocycles. The molecular weight excluding hydrogens is 544 g/mol. The quantitative estimate of drug-likeness (QED) is 0.309. The first-order chi connectivity index (χ1) is 21.1. The van der Waals surface area contributed by atoms with E-state index in [9.17, 15) is 9.59 Å². The summed E-state index contributed by atoms with van der Waals surface area (Å²) in [6, 6.07) is 14.6. The number of nitrogens with zero attached hydrogens (tertiary/aromatic N) is 6. The van der Waals surface area contributed by atoms with Crippen molar-refractivity contribution < 1.29 is 9.53 Å². The maximum Gasteiger partial charge on any atom is 0.278 e. The standard InChI is InChI=1S/C32H32N8O3/c41-29-20-43-28-8-6-24-18-27(28)38(29)14-3-1-2-4-15-39-31(42)25-19-34-32(36-30(25)40(24)39)35-22-5-7-26-21(17-22)11-16-37(26)23-9-12-33-13-10-23/h2,4-8,11,16-19,23,33H,1,3,9-10,12-15,20H2,(H,34,35,36)/b4-2-. The molecule has 3 aliphatic heterocycles. The first kappa shape index (κ1) is 25.8. The number of carbonyl (C=O) groups excluding carboxylic acids is 1. The van der Waals surface area contributed by atoms with Crippen LogP contribution in [0.2, 0.25) is 0 Å². The van der Waals surface area contributed by atoms with E-state index < -0.39 is 0 Å². The van der Waals surface area contributed by atoms with Crippen LogP contribution in [-0.2, 0) is 11.3 Å². The number of carbonyl (C=O) groups is 1. The Labute approximate surface area is 247 Å². The van der Waals surface area contributed by atoms with E-state index in [1.165, 1.54) is 5.52 Å². The number of aromatic nitrogens is 5. The summed E-state index contributed by atoms with van der Waals surface area (Å²) >= 11 is 0. The number of nitrogens with one attached hydrogen (secondary N) is 2. The van der Waals surface area contributed by atoms with Crippen molar-refractivity contribution in [2.75, 3.05) is 36.5 Å². The minimum Gasteiger partial charge on any atom is -0.482 e. The van der Waals surface area contributed by atoms with Crippen LogP contribution in [0.1, 0.15) is 31.7 Å². The Kier molecular flexibility index (Phi) is 6.25. The molecule has 6 heterocycles. The normalized spacial score (nSPS) is 18.1. The third kappa shape index (κ3) is 4.47. The fourth-order valence-electron chi connectivity index (χ4n) is 6.52. The van der Waals surface area contributed by atoms with Gasteiger partial charge in [-0.05, 0) is 81.2 Å². The van der Waals surface area contributed by atoms with Crippen molar-refractivity contribution in [3.8, 4) is 11.4 Å². The van der Waals surface area contributed by atoms with Gasteiger partial charge in [-0.3, -0.25) is 9.59 Å². The molecule has 0 aliphatic carbocycles. The molecule has 0 saturated carbocycles. The molecule has 0 spiro atoms. The van der Waals surface area contributed by atoms with E-state index in [0.29, 0.717) is 53.2 Å². The van der Waals surface area contributed by atoms with Gasteiger partial charge in [0.1, 0.15) is 11.1 Å².